The van der Waals surface area contributed by atoms with Gasteiger partial charge in [0.25, 0.3) is 0 Å². The third-order valence-electron chi connectivity index (χ3n) is 3.07. The van der Waals surface area contributed by atoms with Gasteiger partial charge in [0.05, 0.1) is 5.69 Å². The van der Waals surface area contributed by atoms with Crippen molar-refractivity contribution in [1.29, 1.82) is 0 Å². The highest BCUT2D eigenvalue weighted by Crippen LogP contribution is 2.28. The molecule has 0 amide bonds. The summed E-state index contributed by atoms with van der Waals surface area (Å²) < 4.78 is 27.4. The van der Waals surface area contributed by atoms with E-state index in [0.29, 0.717) is 5.69 Å². The van der Waals surface area contributed by atoms with Gasteiger partial charge >= 0.3 is 5.97 Å². The maximum atomic E-state index is 12.4. The third kappa shape index (κ3) is 4.05. The Morgan fingerprint density at radius 3 is 2.67 bits per heavy atom. The first-order valence-electron chi connectivity index (χ1n) is 6.63. The summed E-state index contributed by atoms with van der Waals surface area (Å²) in [6.45, 7) is 3.55. The number of nitrogens with one attached hydrogen (secondary N) is 1. The van der Waals surface area contributed by atoms with Crippen molar-refractivity contribution in [2.24, 2.45) is 0 Å². The molecule has 0 aliphatic heterocycles. The quantitative estimate of drug-likeness (QED) is 0.705. The Balaban J connectivity index is 2.37. The zero-order chi connectivity index (χ0) is 15.5. The Labute approximate surface area is 124 Å². The SMILES string of the molecule is C=CCN(CC(=O)O)c1ccccc1S(=O)(=O)NC1CC1. The van der Waals surface area contributed by atoms with Crippen LogP contribution in [0.4, 0.5) is 5.69 Å². The number of carboxylic acid groups (broad SMARTS) is 1. The van der Waals surface area contributed by atoms with Crippen molar-refractivity contribution in [3.05, 3.63) is 36.9 Å². The van der Waals surface area contributed by atoms with Crippen LogP contribution in [0.2, 0.25) is 0 Å². The molecule has 0 atom stereocenters. The molecule has 1 fully saturated rings. The summed E-state index contributed by atoms with van der Waals surface area (Å²) in [7, 11) is -3.65. The van der Waals surface area contributed by atoms with E-state index in [1.807, 2.05) is 0 Å². The van der Waals surface area contributed by atoms with Crippen molar-refractivity contribution < 1.29 is 18.3 Å². The smallest absolute Gasteiger partial charge is 0.323 e. The Morgan fingerprint density at radius 1 is 1.43 bits per heavy atom. The van der Waals surface area contributed by atoms with Crippen LogP contribution in [-0.4, -0.2) is 38.6 Å². The van der Waals surface area contributed by atoms with Crippen LogP contribution in [0, 0.1) is 0 Å². The number of carboxylic acids is 1. The summed E-state index contributed by atoms with van der Waals surface area (Å²) in [4.78, 5) is 12.5. The highest BCUT2D eigenvalue weighted by atomic mass is 32.2. The molecule has 2 rings (SSSR count). The number of sulfonamides is 1. The molecule has 0 saturated heterocycles. The molecule has 0 unspecified atom stereocenters. The van der Waals surface area contributed by atoms with Crippen molar-refractivity contribution in [2.45, 2.75) is 23.8 Å². The second-order valence-corrected chi connectivity index (χ2v) is 6.61. The van der Waals surface area contributed by atoms with E-state index < -0.39 is 16.0 Å². The van der Waals surface area contributed by atoms with Crippen molar-refractivity contribution >= 4 is 21.7 Å². The average Bonchev–Trinajstić information content (AvgIpc) is 3.21. The standard InChI is InChI=1S/C14H18N2O4S/c1-2-9-16(10-14(17)18)12-5-3-4-6-13(12)21(19,20)15-11-7-8-11/h2-6,11,15H,1,7-10H2,(H,17,18). The Bertz CT molecular complexity index is 638. The van der Waals surface area contributed by atoms with E-state index in [0.717, 1.165) is 12.8 Å². The highest BCUT2D eigenvalue weighted by molar-refractivity contribution is 7.89. The summed E-state index contributed by atoms with van der Waals surface area (Å²) in [6, 6.07) is 6.39. The summed E-state index contributed by atoms with van der Waals surface area (Å²) in [6.07, 6.45) is 3.22. The lowest BCUT2D eigenvalue weighted by molar-refractivity contribution is -0.135. The number of hydrogen-bond acceptors (Lipinski definition) is 4. The van der Waals surface area contributed by atoms with Crippen LogP contribution < -0.4 is 9.62 Å². The molecule has 0 bridgehead atoms. The second-order valence-electron chi connectivity index (χ2n) is 4.93. The van der Waals surface area contributed by atoms with Crippen LogP contribution in [0.25, 0.3) is 0 Å². The minimum Gasteiger partial charge on any atom is -0.480 e. The minimum absolute atomic E-state index is 0.00427. The Hall–Kier alpha value is -1.86. The molecule has 1 aromatic rings. The molecule has 114 valence electrons. The number of aliphatic carboxylic acids is 1. The van der Waals surface area contributed by atoms with Gasteiger partial charge in [0.15, 0.2) is 0 Å². The number of benzene rings is 1. The lowest BCUT2D eigenvalue weighted by Gasteiger charge is -2.24. The molecule has 1 saturated carbocycles. The average molecular weight is 310 g/mol. The maximum absolute atomic E-state index is 12.4. The minimum atomic E-state index is -3.65. The van der Waals surface area contributed by atoms with Crippen LogP contribution in [0.15, 0.2) is 41.8 Å². The van der Waals surface area contributed by atoms with E-state index in [-0.39, 0.29) is 24.0 Å². The van der Waals surface area contributed by atoms with Crippen molar-refractivity contribution in [2.75, 3.05) is 18.0 Å². The first-order valence-corrected chi connectivity index (χ1v) is 8.11. The normalized spacial score (nSPS) is 14.7. The predicted molar refractivity (Wildman–Crippen MR) is 79.8 cm³/mol. The molecule has 6 nitrogen and oxygen atoms in total. The van der Waals surface area contributed by atoms with Gasteiger partial charge in [0, 0.05) is 12.6 Å². The molecule has 0 radical (unpaired) electrons. The topological polar surface area (TPSA) is 86.7 Å². The molecule has 21 heavy (non-hydrogen) atoms. The predicted octanol–water partition coefficient (Wildman–Crippen LogP) is 1.20. The molecule has 1 aromatic carbocycles. The van der Waals surface area contributed by atoms with Crippen LogP contribution in [-0.2, 0) is 14.8 Å². The van der Waals surface area contributed by atoms with Crippen molar-refractivity contribution in [3.63, 3.8) is 0 Å². The Kier molecular flexibility index (Phi) is 4.64. The van der Waals surface area contributed by atoms with Crippen LogP contribution >= 0.6 is 0 Å². The number of anilines is 1. The molecule has 1 aliphatic carbocycles. The zero-order valence-corrected chi connectivity index (χ0v) is 12.3. The molecule has 0 spiro atoms. The number of carbonyl (C=O) groups is 1. The first-order chi connectivity index (χ1) is 9.94. The lowest BCUT2D eigenvalue weighted by Crippen LogP contribution is -2.33. The number of nitrogens with zero attached hydrogens (tertiary/aromatic N) is 1. The maximum Gasteiger partial charge on any atom is 0.323 e. The van der Waals surface area contributed by atoms with E-state index in [2.05, 4.69) is 11.3 Å². The van der Waals surface area contributed by atoms with Crippen molar-refractivity contribution in [1.82, 2.24) is 4.72 Å². The summed E-state index contributed by atoms with van der Waals surface area (Å²) in [5.74, 6) is -1.03. The molecule has 2 N–H and O–H groups in total. The monoisotopic (exact) mass is 310 g/mol. The van der Waals surface area contributed by atoms with Crippen LogP contribution in [0.3, 0.4) is 0 Å². The highest BCUT2D eigenvalue weighted by Gasteiger charge is 2.30. The Morgan fingerprint density at radius 2 is 2.10 bits per heavy atom. The fourth-order valence-electron chi connectivity index (χ4n) is 2.00. The van der Waals surface area contributed by atoms with Gasteiger partial charge in [-0.05, 0) is 25.0 Å². The number of para-hydroxylation sites is 1. The van der Waals surface area contributed by atoms with E-state index in [1.54, 1.807) is 24.3 Å². The van der Waals surface area contributed by atoms with Gasteiger partial charge in [-0.15, -0.1) is 6.58 Å². The van der Waals surface area contributed by atoms with E-state index in [1.165, 1.54) is 11.0 Å². The lowest BCUT2D eigenvalue weighted by atomic mass is 10.3. The van der Waals surface area contributed by atoms with Gasteiger partial charge in [-0.1, -0.05) is 18.2 Å². The summed E-state index contributed by atoms with van der Waals surface area (Å²) in [5.41, 5.74) is 0.368. The van der Waals surface area contributed by atoms with Gasteiger partial charge in [0.2, 0.25) is 10.0 Å². The molecule has 0 heterocycles. The first kappa shape index (κ1) is 15.5. The number of hydrogen-bond donors (Lipinski definition) is 2. The fraction of sp³-hybridized carbons (Fsp3) is 0.357. The third-order valence-corrected chi connectivity index (χ3v) is 4.64. The summed E-state index contributed by atoms with van der Waals surface area (Å²) >= 11 is 0. The summed E-state index contributed by atoms with van der Waals surface area (Å²) in [5, 5.41) is 8.98. The molecule has 7 heteroatoms. The van der Waals surface area contributed by atoms with E-state index in [4.69, 9.17) is 5.11 Å². The molecule has 0 aromatic heterocycles. The molecular formula is C14H18N2O4S. The van der Waals surface area contributed by atoms with Gasteiger partial charge < -0.3 is 10.0 Å². The second kappa shape index (κ2) is 6.28. The number of rotatable bonds is 8. The van der Waals surface area contributed by atoms with Gasteiger partial charge in [0.1, 0.15) is 11.4 Å². The fourth-order valence-corrected chi connectivity index (χ4v) is 3.53. The van der Waals surface area contributed by atoms with E-state index >= 15 is 0 Å². The zero-order valence-electron chi connectivity index (χ0n) is 11.5. The van der Waals surface area contributed by atoms with Gasteiger partial charge in [-0.2, -0.15) is 0 Å². The van der Waals surface area contributed by atoms with Gasteiger partial charge in [-0.3, -0.25) is 4.79 Å². The molecule has 1 aliphatic rings. The van der Waals surface area contributed by atoms with Crippen molar-refractivity contribution in [3.8, 4) is 0 Å². The molecular weight excluding hydrogens is 292 g/mol. The largest absolute Gasteiger partial charge is 0.480 e. The van der Waals surface area contributed by atoms with Crippen LogP contribution in [0.5, 0.6) is 0 Å². The van der Waals surface area contributed by atoms with Crippen LogP contribution in [0.1, 0.15) is 12.8 Å². The van der Waals surface area contributed by atoms with Gasteiger partial charge in [-0.25, -0.2) is 13.1 Å². The van der Waals surface area contributed by atoms with E-state index in [9.17, 15) is 13.2 Å².